The van der Waals surface area contributed by atoms with E-state index < -0.39 is 0 Å². The summed E-state index contributed by atoms with van der Waals surface area (Å²) in [5, 5.41) is 9.42. The summed E-state index contributed by atoms with van der Waals surface area (Å²) in [7, 11) is 1.83. The van der Waals surface area contributed by atoms with E-state index in [0.717, 1.165) is 66.6 Å². The van der Waals surface area contributed by atoms with Gasteiger partial charge in [-0.2, -0.15) is 9.61 Å². The van der Waals surface area contributed by atoms with Crippen molar-refractivity contribution < 1.29 is 4.79 Å². The van der Waals surface area contributed by atoms with Crippen molar-refractivity contribution >= 4 is 33.7 Å². The first-order valence-corrected chi connectivity index (χ1v) is 14.9. The number of benzene rings is 2. The van der Waals surface area contributed by atoms with Crippen molar-refractivity contribution in [2.75, 3.05) is 25.5 Å². The van der Waals surface area contributed by atoms with Crippen LogP contribution in [0.25, 0.3) is 16.8 Å². The van der Waals surface area contributed by atoms with E-state index in [2.05, 4.69) is 83.3 Å². The molecule has 216 valence electrons. The van der Waals surface area contributed by atoms with E-state index in [1.165, 1.54) is 16.7 Å². The number of nitrogens with two attached hydrogens (primary N) is 1. The summed E-state index contributed by atoms with van der Waals surface area (Å²) in [6.07, 6.45) is 8.83. The smallest absolute Gasteiger partial charge is 0.171 e. The van der Waals surface area contributed by atoms with Crippen molar-refractivity contribution in [3.8, 4) is 11.1 Å². The summed E-state index contributed by atoms with van der Waals surface area (Å²) >= 11 is 3.47. The van der Waals surface area contributed by atoms with Gasteiger partial charge in [-0.25, -0.2) is 4.98 Å². The van der Waals surface area contributed by atoms with Crippen LogP contribution in [0.1, 0.15) is 64.5 Å². The molecule has 0 unspecified atom stereocenters. The SMILES string of the molecule is CCCC(C=O)(CCC)c1ccccc1.CCN(C)N.CCNc1c(-c2ccccc2C)cnc2c(Br)cnn12. The predicted molar refractivity (Wildman–Crippen MR) is 172 cm³/mol. The Kier molecular flexibility index (Phi) is 14.0. The number of hydrazine groups is 1. The van der Waals surface area contributed by atoms with Crippen molar-refractivity contribution in [3.05, 3.63) is 82.6 Å². The molecular formula is C32H45BrN6O. The highest BCUT2D eigenvalue weighted by atomic mass is 79.9. The molecule has 0 amide bonds. The van der Waals surface area contributed by atoms with Gasteiger partial charge in [0.1, 0.15) is 12.1 Å². The van der Waals surface area contributed by atoms with Crippen molar-refractivity contribution in [2.24, 2.45) is 5.84 Å². The third kappa shape index (κ3) is 8.71. The maximum Gasteiger partial charge on any atom is 0.171 e. The zero-order valence-electron chi connectivity index (χ0n) is 24.8. The molecule has 2 aromatic heterocycles. The summed E-state index contributed by atoms with van der Waals surface area (Å²) < 4.78 is 2.74. The first-order valence-electron chi connectivity index (χ1n) is 14.1. The zero-order valence-corrected chi connectivity index (χ0v) is 26.4. The van der Waals surface area contributed by atoms with E-state index in [9.17, 15) is 4.79 Å². The molecule has 0 saturated heterocycles. The number of carbonyl (C=O) groups is 1. The number of fused-ring (bicyclic) bond motifs is 1. The van der Waals surface area contributed by atoms with Gasteiger partial charge in [-0.1, -0.05) is 88.2 Å². The van der Waals surface area contributed by atoms with Gasteiger partial charge in [0, 0.05) is 31.9 Å². The molecule has 0 radical (unpaired) electrons. The number of halogens is 1. The number of hydrogen-bond donors (Lipinski definition) is 2. The van der Waals surface area contributed by atoms with Gasteiger partial charge in [0.25, 0.3) is 0 Å². The number of nitrogens with zero attached hydrogens (tertiary/aromatic N) is 4. The average Bonchev–Trinajstić information content (AvgIpc) is 3.35. The third-order valence-electron chi connectivity index (χ3n) is 6.73. The molecule has 0 atom stereocenters. The van der Waals surface area contributed by atoms with E-state index in [4.69, 9.17) is 5.84 Å². The molecule has 4 aromatic rings. The van der Waals surface area contributed by atoms with E-state index in [1.807, 2.05) is 55.0 Å². The Morgan fingerprint density at radius 3 is 2.10 bits per heavy atom. The number of aromatic nitrogens is 3. The first-order chi connectivity index (χ1) is 19.3. The van der Waals surface area contributed by atoms with Gasteiger partial charge in [-0.15, -0.1) is 0 Å². The van der Waals surface area contributed by atoms with Crippen LogP contribution in [-0.2, 0) is 10.2 Å². The molecule has 4 rings (SSSR count). The molecule has 8 heteroatoms. The van der Waals surface area contributed by atoms with Crippen LogP contribution in [0.15, 0.2) is 71.5 Å². The lowest BCUT2D eigenvalue weighted by molar-refractivity contribution is -0.113. The van der Waals surface area contributed by atoms with Crippen LogP contribution in [0.5, 0.6) is 0 Å². The van der Waals surface area contributed by atoms with Crippen LogP contribution in [0.2, 0.25) is 0 Å². The van der Waals surface area contributed by atoms with Gasteiger partial charge in [-0.3, -0.25) is 10.9 Å². The molecule has 0 saturated carbocycles. The fraction of sp³-hybridized carbons (Fsp3) is 0.406. The molecule has 2 heterocycles. The molecule has 3 N–H and O–H groups in total. The number of nitrogens with one attached hydrogen (secondary N) is 1. The number of aryl methyl sites for hydroxylation is 1. The molecular weight excluding hydrogens is 564 g/mol. The Labute approximate surface area is 248 Å². The Bertz CT molecular complexity index is 1300. The second-order valence-corrected chi connectivity index (χ2v) is 10.7. The highest BCUT2D eigenvalue weighted by Crippen LogP contribution is 2.33. The minimum Gasteiger partial charge on any atom is -0.370 e. The number of aldehydes is 1. The monoisotopic (exact) mass is 608 g/mol. The van der Waals surface area contributed by atoms with E-state index in [-0.39, 0.29) is 5.41 Å². The number of anilines is 1. The maximum absolute atomic E-state index is 11.4. The molecule has 0 aliphatic heterocycles. The van der Waals surface area contributed by atoms with Crippen LogP contribution in [0, 0.1) is 6.92 Å². The molecule has 0 fully saturated rings. The van der Waals surface area contributed by atoms with E-state index in [0.29, 0.717) is 0 Å². The summed E-state index contributed by atoms with van der Waals surface area (Å²) in [6.45, 7) is 12.2. The van der Waals surface area contributed by atoms with Crippen molar-refractivity contribution in [2.45, 2.75) is 65.7 Å². The Morgan fingerprint density at radius 1 is 0.975 bits per heavy atom. The van der Waals surface area contributed by atoms with Gasteiger partial charge < -0.3 is 10.1 Å². The van der Waals surface area contributed by atoms with Crippen LogP contribution in [-0.4, -0.2) is 46.0 Å². The van der Waals surface area contributed by atoms with Gasteiger partial charge in [0.05, 0.1) is 16.1 Å². The minimum absolute atomic E-state index is 0.245. The summed E-state index contributed by atoms with van der Waals surface area (Å²) in [6, 6.07) is 18.5. The fourth-order valence-corrected chi connectivity index (χ4v) is 4.94. The Hall–Kier alpha value is -3.07. The summed E-state index contributed by atoms with van der Waals surface area (Å²) in [5.41, 5.74) is 5.20. The maximum atomic E-state index is 11.4. The van der Waals surface area contributed by atoms with E-state index >= 15 is 0 Å². The quantitative estimate of drug-likeness (QED) is 0.110. The van der Waals surface area contributed by atoms with Crippen molar-refractivity contribution in [1.82, 2.24) is 19.6 Å². The molecule has 0 spiro atoms. The third-order valence-corrected chi connectivity index (χ3v) is 7.29. The van der Waals surface area contributed by atoms with Gasteiger partial charge >= 0.3 is 0 Å². The predicted octanol–water partition coefficient (Wildman–Crippen LogP) is 7.43. The molecule has 7 nitrogen and oxygen atoms in total. The minimum atomic E-state index is -0.245. The van der Waals surface area contributed by atoms with Crippen LogP contribution < -0.4 is 11.2 Å². The average molecular weight is 610 g/mol. The lowest BCUT2D eigenvalue weighted by atomic mass is 9.75. The highest BCUT2D eigenvalue weighted by molar-refractivity contribution is 9.10. The number of carbonyl (C=O) groups excluding carboxylic acids is 1. The van der Waals surface area contributed by atoms with E-state index in [1.54, 1.807) is 11.2 Å². The largest absolute Gasteiger partial charge is 0.370 e. The molecule has 2 aromatic carbocycles. The lowest BCUT2D eigenvalue weighted by Gasteiger charge is -2.27. The molecule has 0 aliphatic carbocycles. The fourth-order valence-electron chi connectivity index (χ4n) is 4.57. The Balaban J connectivity index is 0.000000248. The second kappa shape index (κ2) is 16.9. The number of hydrogen-bond acceptors (Lipinski definition) is 6. The van der Waals surface area contributed by atoms with Gasteiger partial charge in [-0.05, 0) is 59.3 Å². The summed E-state index contributed by atoms with van der Waals surface area (Å²) in [4.78, 5) is 15.9. The standard InChI is InChI=1S/C15H15BrN4.C14H20O.C3H10N2/c1-3-17-14-12(11-7-5-4-6-10(11)2)8-18-15-13(16)9-19-20(14)15;1-3-10-14(12-15,11-4-2)13-8-6-5-7-9-13;1-3-5(2)4/h4-9,17H,3H2,1-2H3;5-9,12H,3-4,10-11H2,1-2H3;3-4H2,1-2H3. The molecule has 0 bridgehead atoms. The highest BCUT2D eigenvalue weighted by Gasteiger charge is 2.29. The van der Waals surface area contributed by atoms with Gasteiger partial charge in [0.15, 0.2) is 5.65 Å². The summed E-state index contributed by atoms with van der Waals surface area (Å²) in [5.74, 6) is 6.09. The zero-order chi connectivity index (χ0) is 29.5. The first kappa shape index (κ1) is 33.1. The van der Waals surface area contributed by atoms with Crippen LogP contribution >= 0.6 is 15.9 Å². The van der Waals surface area contributed by atoms with Crippen LogP contribution in [0.4, 0.5) is 5.82 Å². The van der Waals surface area contributed by atoms with Crippen molar-refractivity contribution in [3.63, 3.8) is 0 Å². The number of rotatable bonds is 10. The molecule has 40 heavy (non-hydrogen) atoms. The van der Waals surface area contributed by atoms with Crippen LogP contribution in [0.3, 0.4) is 0 Å². The lowest BCUT2D eigenvalue weighted by Crippen LogP contribution is -2.27. The Morgan fingerprint density at radius 2 is 1.57 bits per heavy atom. The normalized spacial score (nSPS) is 10.9. The van der Waals surface area contributed by atoms with Crippen molar-refractivity contribution in [1.29, 1.82) is 0 Å². The topological polar surface area (TPSA) is 88.5 Å². The van der Waals surface area contributed by atoms with Gasteiger partial charge in [0.2, 0.25) is 0 Å². The second-order valence-electron chi connectivity index (χ2n) is 9.81. The molecule has 0 aliphatic rings.